The Kier molecular flexibility index (Phi) is 2.12. The van der Waals surface area contributed by atoms with E-state index in [4.69, 9.17) is 4.98 Å². The van der Waals surface area contributed by atoms with Crippen molar-refractivity contribution < 1.29 is 0 Å². The Bertz CT molecular complexity index is 1280. The maximum absolute atomic E-state index is 4.98. The lowest BCUT2D eigenvalue weighted by Crippen LogP contribution is -1.96. The van der Waals surface area contributed by atoms with Crippen LogP contribution in [0.5, 0.6) is 0 Å². The minimum Gasteiger partial charge on any atom is -0.290 e. The molecule has 1 aliphatic carbocycles. The zero-order valence-electron chi connectivity index (χ0n) is 12.8. The molecule has 1 aromatic carbocycles. The van der Waals surface area contributed by atoms with Gasteiger partial charge in [0.15, 0.2) is 0 Å². The summed E-state index contributed by atoms with van der Waals surface area (Å²) in [5.74, 6) is 0. The van der Waals surface area contributed by atoms with E-state index in [1.807, 2.05) is 24.5 Å². The van der Waals surface area contributed by atoms with Gasteiger partial charge in [-0.05, 0) is 29.8 Å². The van der Waals surface area contributed by atoms with Crippen LogP contribution in [0.3, 0.4) is 0 Å². The summed E-state index contributed by atoms with van der Waals surface area (Å²) in [6, 6.07) is 16.7. The second kappa shape index (κ2) is 4.17. The molecule has 0 fully saturated rings. The first kappa shape index (κ1) is 12.2. The first-order chi connectivity index (χ1) is 11.9. The van der Waals surface area contributed by atoms with E-state index in [1.54, 1.807) is 0 Å². The molecule has 0 amide bonds. The van der Waals surface area contributed by atoms with Crippen molar-refractivity contribution in [2.45, 2.75) is 6.42 Å². The van der Waals surface area contributed by atoms with Crippen molar-refractivity contribution in [2.75, 3.05) is 0 Å². The molecule has 0 saturated heterocycles. The van der Waals surface area contributed by atoms with Crippen LogP contribution in [-0.2, 0) is 6.42 Å². The van der Waals surface area contributed by atoms with Gasteiger partial charge in [0.05, 0.1) is 16.9 Å². The number of hydrogen-bond donors (Lipinski definition) is 0. The van der Waals surface area contributed by atoms with E-state index in [1.165, 1.54) is 16.8 Å². The lowest BCUT2D eigenvalue weighted by molar-refractivity contribution is 1.17. The van der Waals surface area contributed by atoms with Crippen LogP contribution < -0.4 is 0 Å². The van der Waals surface area contributed by atoms with E-state index in [0.717, 1.165) is 39.7 Å². The molecule has 0 aliphatic heterocycles. The van der Waals surface area contributed by atoms with Gasteiger partial charge in [0.2, 0.25) is 0 Å². The van der Waals surface area contributed by atoms with E-state index in [0.29, 0.717) is 0 Å². The van der Waals surface area contributed by atoms with Crippen molar-refractivity contribution in [1.29, 1.82) is 0 Å². The van der Waals surface area contributed by atoms with Crippen LogP contribution in [0.4, 0.5) is 0 Å². The van der Waals surface area contributed by atoms with Crippen LogP contribution in [0.25, 0.3) is 38.8 Å². The van der Waals surface area contributed by atoms with Gasteiger partial charge < -0.3 is 0 Å². The van der Waals surface area contributed by atoms with Crippen LogP contribution in [0, 0.1) is 0 Å². The standard InChI is InChI=1S/C20H12N4/c1-2-6-13-12(5-1)11-15-19(13)24-16-8-4-10-22-18(16)17-14(20(24)23-15)7-3-9-21-17/h1-10H,11H2. The molecule has 5 aromatic rings. The predicted octanol–water partition coefficient (Wildman–Crippen LogP) is 4.00. The van der Waals surface area contributed by atoms with Gasteiger partial charge in [0.25, 0.3) is 0 Å². The van der Waals surface area contributed by atoms with Crippen LogP contribution in [0.15, 0.2) is 60.9 Å². The molecular weight excluding hydrogens is 296 g/mol. The van der Waals surface area contributed by atoms with Crippen LogP contribution in [-0.4, -0.2) is 19.4 Å². The molecule has 0 radical (unpaired) electrons. The van der Waals surface area contributed by atoms with Gasteiger partial charge >= 0.3 is 0 Å². The quantitative estimate of drug-likeness (QED) is 0.398. The van der Waals surface area contributed by atoms with Crippen LogP contribution in [0.1, 0.15) is 11.3 Å². The van der Waals surface area contributed by atoms with Gasteiger partial charge in [-0.25, -0.2) is 4.98 Å². The van der Waals surface area contributed by atoms with Crippen molar-refractivity contribution in [3.05, 3.63) is 72.2 Å². The number of nitrogens with zero attached hydrogens (tertiary/aromatic N) is 4. The fraction of sp³-hybridized carbons (Fsp3) is 0.0500. The van der Waals surface area contributed by atoms with Gasteiger partial charge in [-0.15, -0.1) is 0 Å². The number of rotatable bonds is 0. The lowest BCUT2D eigenvalue weighted by atomic mass is 10.1. The second-order valence-electron chi connectivity index (χ2n) is 6.17. The Morgan fingerprint density at radius 1 is 0.833 bits per heavy atom. The van der Waals surface area contributed by atoms with Crippen LogP contribution in [0.2, 0.25) is 0 Å². The first-order valence-corrected chi connectivity index (χ1v) is 8.03. The average Bonchev–Trinajstić information content (AvgIpc) is 3.18. The van der Waals surface area contributed by atoms with Crippen molar-refractivity contribution in [2.24, 2.45) is 0 Å². The fourth-order valence-electron chi connectivity index (χ4n) is 3.90. The summed E-state index contributed by atoms with van der Waals surface area (Å²) < 4.78 is 2.26. The molecule has 0 atom stereocenters. The van der Waals surface area contributed by atoms with Crippen LogP contribution >= 0.6 is 0 Å². The Labute approximate surface area is 137 Å². The Hall–Kier alpha value is -3.27. The summed E-state index contributed by atoms with van der Waals surface area (Å²) in [7, 11) is 0. The molecule has 112 valence electrons. The summed E-state index contributed by atoms with van der Waals surface area (Å²) in [6.45, 7) is 0. The number of imidazole rings is 1. The maximum atomic E-state index is 4.98. The number of hydrogen-bond acceptors (Lipinski definition) is 3. The third kappa shape index (κ3) is 1.36. The van der Waals surface area contributed by atoms with E-state index in [9.17, 15) is 0 Å². The summed E-state index contributed by atoms with van der Waals surface area (Å²) in [6.07, 6.45) is 4.53. The SMILES string of the molecule is c1ccc2c(c1)Cc1nc3c4cccnc4c4ncccc4n3c1-2. The molecule has 4 nitrogen and oxygen atoms in total. The molecule has 0 N–H and O–H groups in total. The van der Waals surface area contributed by atoms with Gasteiger partial charge in [0, 0.05) is 29.8 Å². The fourth-order valence-corrected chi connectivity index (χ4v) is 3.90. The Morgan fingerprint density at radius 2 is 1.67 bits per heavy atom. The third-order valence-corrected chi connectivity index (χ3v) is 4.88. The molecule has 0 unspecified atom stereocenters. The molecule has 24 heavy (non-hydrogen) atoms. The van der Waals surface area contributed by atoms with Crippen molar-refractivity contribution in [1.82, 2.24) is 19.4 Å². The van der Waals surface area contributed by atoms with Crippen molar-refractivity contribution >= 4 is 27.6 Å². The highest BCUT2D eigenvalue weighted by molar-refractivity contribution is 6.08. The molecule has 0 bridgehead atoms. The van der Waals surface area contributed by atoms with E-state index >= 15 is 0 Å². The topological polar surface area (TPSA) is 43.1 Å². The molecule has 4 heteroatoms. The zero-order chi connectivity index (χ0) is 15.7. The molecule has 4 aromatic heterocycles. The average molecular weight is 308 g/mol. The Morgan fingerprint density at radius 3 is 2.62 bits per heavy atom. The number of fused-ring (bicyclic) bond motifs is 10. The second-order valence-corrected chi connectivity index (χ2v) is 6.17. The normalized spacial score (nSPS) is 12.8. The van der Waals surface area contributed by atoms with E-state index < -0.39 is 0 Å². The Balaban J connectivity index is 1.93. The van der Waals surface area contributed by atoms with Crippen molar-refractivity contribution in [3.63, 3.8) is 0 Å². The highest BCUT2D eigenvalue weighted by Gasteiger charge is 2.26. The first-order valence-electron chi connectivity index (χ1n) is 8.03. The molecule has 0 saturated carbocycles. The van der Waals surface area contributed by atoms with Gasteiger partial charge in [0.1, 0.15) is 16.7 Å². The highest BCUT2D eigenvalue weighted by Crippen LogP contribution is 2.40. The lowest BCUT2D eigenvalue weighted by Gasteiger charge is -2.09. The summed E-state index contributed by atoms with van der Waals surface area (Å²) in [5.41, 5.74) is 8.81. The summed E-state index contributed by atoms with van der Waals surface area (Å²) >= 11 is 0. The van der Waals surface area contributed by atoms with Gasteiger partial charge in [-0.3, -0.25) is 14.4 Å². The third-order valence-electron chi connectivity index (χ3n) is 4.88. The largest absolute Gasteiger partial charge is 0.290 e. The monoisotopic (exact) mass is 308 g/mol. The molecule has 6 rings (SSSR count). The number of aromatic nitrogens is 4. The molecule has 0 spiro atoms. The number of benzene rings is 1. The smallest absolute Gasteiger partial charge is 0.147 e. The minimum absolute atomic E-state index is 0.886. The maximum Gasteiger partial charge on any atom is 0.147 e. The zero-order valence-corrected chi connectivity index (χ0v) is 12.8. The number of pyridine rings is 3. The van der Waals surface area contributed by atoms with Crippen molar-refractivity contribution in [3.8, 4) is 11.3 Å². The van der Waals surface area contributed by atoms with Gasteiger partial charge in [-0.1, -0.05) is 24.3 Å². The van der Waals surface area contributed by atoms with Gasteiger partial charge in [-0.2, -0.15) is 0 Å². The molecule has 4 heterocycles. The molecular formula is C20H12N4. The summed E-state index contributed by atoms with van der Waals surface area (Å²) in [4.78, 5) is 14.2. The summed E-state index contributed by atoms with van der Waals surface area (Å²) in [5, 5.41) is 1.05. The van der Waals surface area contributed by atoms with E-state index in [2.05, 4.69) is 50.8 Å². The highest BCUT2D eigenvalue weighted by atomic mass is 15.0. The predicted molar refractivity (Wildman–Crippen MR) is 94.0 cm³/mol. The van der Waals surface area contributed by atoms with E-state index in [-0.39, 0.29) is 0 Å². The minimum atomic E-state index is 0.886. The molecule has 1 aliphatic rings.